The van der Waals surface area contributed by atoms with E-state index in [1.807, 2.05) is 0 Å². The van der Waals surface area contributed by atoms with Gasteiger partial charge in [-0.25, -0.2) is 8.42 Å². The number of nitrogens with zero attached hydrogens (tertiary/aromatic N) is 1. The van der Waals surface area contributed by atoms with E-state index in [0.29, 0.717) is 39.1 Å². The summed E-state index contributed by atoms with van der Waals surface area (Å²) in [6.45, 7) is 1.56. The second-order valence-corrected chi connectivity index (χ2v) is 7.74. The molecular formula is C13H24N2O5S. The van der Waals surface area contributed by atoms with E-state index in [1.165, 1.54) is 4.31 Å². The second-order valence-electron chi connectivity index (χ2n) is 5.65. The van der Waals surface area contributed by atoms with Crippen LogP contribution in [-0.4, -0.2) is 67.9 Å². The molecule has 2 aliphatic rings. The number of carbonyl (C=O) groups is 1. The van der Waals surface area contributed by atoms with Crippen LogP contribution in [0, 0.1) is 0 Å². The molecule has 0 bridgehead atoms. The molecule has 1 saturated carbocycles. The monoisotopic (exact) mass is 320 g/mol. The first-order valence-electron chi connectivity index (χ1n) is 7.50. The molecule has 7 nitrogen and oxygen atoms in total. The number of morpholine rings is 1. The van der Waals surface area contributed by atoms with Gasteiger partial charge in [0.05, 0.1) is 25.1 Å². The van der Waals surface area contributed by atoms with Gasteiger partial charge in [0, 0.05) is 25.6 Å². The van der Waals surface area contributed by atoms with Gasteiger partial charge in [0.25, 0.3) is 0 Å². The largest absolute Gasteiger partial charge is 0.393 e. The van der Waals surface area contributed by atoms with Crippen LogP contribution >= 0.6 is 0 Å². The van der Waals surface area contributed by atoms with E-state index < -0.39 is 10.0 Å². The molecule has 2 N–H and O–H groups in total. The van der Waals surface area contributed by atoms with Crippen molar-refractivity contribution in [2.24, 2.45) is 0 Å². The minimum atomic E-state index is -3.38. The highest BCUT2D eigenvalue weighted by Gasteiger charge is 2.26. The van der Waals surface area contributed by atoms with Crippen molar-refractivity contribution < 1.29 is 23.1 Å². The van der Waals surface area contributed by atoms with E-state index in [4.69, 9.17) is 4.74 Å². The highest BCUT2D eigenvalue weighted by Crippen LogP contribution is 2.18. The van der Waals surface area contributed by atoms with Gasteiger partial charge < -0.3 is 15.2 Å². The Kier molecular flexibility index (Phi) is 5.98. The molecule has 1 saturated heterocycles. The summed E-state index contributed by atoms with van der Waals surface area (Å²) >= 11 is 0. The molecule has 0 aromatic carbocycles. The molecule has 8 heteroatoms. The molecule has 2 fully saturated rings. The summed E-state index contributed by atoms with van der Waals surface area (Å²) in [5.41, 5.74) is 0. The van der Waals surface area contributed by atoms with Crippen molar-refractivity contribution in [2.75, 3.05) is 32.1 Å². The lowest BCUT2D eigenvalue weighted by atomic mass is 9.93. The third-order valence-electron chi connectivity index (χ3n) is 4.01. The number of aliphatic hydroxyl groups is 1. The molecule has 0 unspecified atom stereocenters. The minimum absolute atomic E-state index is 0.0151. The average Bonchev–Trinajstić information content (AvgIpc) is 2.49. The number of carbonyl (C=O) groups excluding carboxylic acids is 1. The Morgan fingerprint density at radius 3 is 2.43 bits per heavy atom. The molecule has 2 rings (SSSR count). The Hall–Kier alpha value is -0.700. The van der Waals surface area contributed by atoms with Crippen molar-refractivity contribution in [3.05, 3.63) is 0 Å². The molecular weight excluding hydrogens is 296 g/mol. The van der Waals surface area contributed by atoms with Crippen LogP contribution in [-0.2, 0) is 19.6 Å². The van der Waals surface area contributed by atoms with Crippen LogP contribution in [0.5, 0.6) is 0 Å². The van der Waals surface area contributed by atoms with Gasteiger partial charge in [-0.2, -0.15) is 4.31 Å². The van der Waals surface area contributed by atoms with E-state index in [1.54, 1.807) is 0 Å². The summed E-state index contributed by atoms with van der Waals surface area (Å²) in [6, 6.07) is 0.0620. The van der Waals surface area contributed by atoms with E-state index in [0.717, 1.165) is 12.8 Å². The minimum Gasteiger partial charge on any atom is -0.393 e. The van der Waals surface area contributed by atoms with Crippen LogP contribution in [0.1, 0.15) is 32.1 Å². The molecule has 122 valence electrons. The van der Waals surface area contributed by atoms with Gasteiger partial charge in [-0.1, -0.05) is 0 Å². The zero-order chi connectivity index (χ0) is 15.3. The summed E-state index contributed by atoms with van der Waals surface area (Å²) in [5.74, 6) is -0.387. The van der Waals surface area contributed by atoms with Crippen molar-refractivity contribution in [2.45, 2.75) is 44.2 Å². The number of nitrogens with one attached hydrogen (secondary N) is 1. The SMILES string of the molecule is O=C(CCS(=O)(=O)N1CCOCC1)NC1CCC(O)CC1. The summed E-state index contributed by atoms with van der Waals surface area (Å²) in [7, 11) is -3.38. The summed E-state index contributed by atoms with van der Waals surface area (Å²) < 4.78 is 30.7. The number of hydrogen-bond acceptors (Lipinski definition) is 5. The molecule has 0 atom stereocenters. The van der Waals surface area contributed by atoms with E-state index in [-0.39, 0.29) is 30.2 Å². The topological polar surface area (TPSA) is 95.9 Å². The van der Waals surface area contributed by atoms with Crippen molar-refractivity contribution in [3.63, 3.8) is 0 Å². The molecule has 0 aromatic heterocycles. The fraction of sp³-hybridized carbons (Fsp3) is 0.923. The normalized spacial score (nSPS) is 28.2. The van der Waals surface area contributed by atoms with Crippen LogP contribution in [0.4, 0.5) is 0 Å². The predicted molar refractivity (Wildman–Crippen MR) is 77.2 cm³/mol. The number of aliphatic hydroxyl groups excluding tert-OH is 1. The van der Waals surface area contributed by atoms with Gasteiger partial charge in [-0.3, -0.25) is 4.79 Å². The molecule has 0 radical (unpaired) electrons. The summed E-state index contributed by atoms with van der Waals surface area (Å²) in [4.78, 5) is 11.8. The van der Waals surface area contributed by atoms with Crippen LogP contribution in [0.3, 0.4) is 0 Å². The number of sulfonamides is 1. The quantitative estimate of drug-likeness (QED) is 0.709. The zero-order valence-electron chi connectivity index (χ0n) is 12.2. The average molecular weight is 320 g/mol. The molecule has 1 aliphatic carbocycles. The van der Waals surface area contributed by atoms with E-state index in [9.17, 15) is 18.3 Å². The second kappa shape index (κ2) is 7.53. The third-order valence-corrected chi connectivity index (χ3v) is 5.88. The van der Waals surface area contributed by atoms with Gasteiger partial charge >= 0.3 is 0 Å². The Balaban J connectivity index is 1.72. The standard InChI is InChI=1S/C13H24N2O5S/c16-12-3-1-11(2-4-12)14-13(17)5-10-21(18,19)15-6-8-20-9-7-15/h11-12,16H,1-10H2,(H,14,17). The first kappa shape index (κ1) is 16.7. The number of rotatable bonds is 5. The molecule has 21 heavy (non-hydrogen) atoms. The Morgan fingerprint density at radius 2 is 1.81 bits per heavy atom. The fourth-order valence-corrected chi connectivity index (χ4v) is 4.10. The van der Waals surface area contributed by atoms with Gasteiger partial charge in [0.1, 0.15) is 0 Å². The van der Waals surface area contributed by atoms with Gasteiger partial charge in [-0.05, 0) is 25.7 Å². The fourth-order valence-electron chi connectivity index (χ4n) is 2.70. The number of amides is 1. The zero-order valence-corrected chi connectivity index (χ0v) is 13.0. The lowest BCUT2D eigenvalue weighted by Gasteiger charge is -2.27. The van der Waals surface area contributed by atoms with Gasteiger partial charge in [-0.15, -0.1) is 0 Å². The van der Waals surface area contributed by atoms with Crippen LogP contribution in [0.2, 0.25) is 0 Å². The Morgan fingerprint density at radius 1 is 1.19 bits per heavy atom. The molecule has 1 amide bonds. The smallest absolute Gasteiger partial charge is 0.221 e. The van der Waals surface area contributed by atoms with Crippen LogP contribution in [0.25, 0.3) is 0 Å². The van der Waals surface area contributed by atoms with Gasteiger partial charge in [0.2, 0.25) is 15.9 Å². The molecule has 0 aromatic rings. The van der Waals surface area contributed by atoms with Crippen molar-refractivity contribution in [1.29, 1.82) is 0 Å². The van der Waals surface area contributed by atoms with Crippen LogP contribution in [0.15, 0.2) is 0 Å². The van der Waals surface area contributed by atoms with Crippen molar-refractivity contribution in [1.82, 2.24) is 9.62 Å². The lowest BCUT2D eigenvalue weighted by Crippen LogP contribution is -2.43. The summed E-state index contributed by atoms with van der Waals surface area (Å²) in [5, 5.41) is 12.3. The van der Waals surface area contributed by atoms with Crippen LogP contribution < -0.4 is 5.32 Å². The highest BCUT2D eigenvalue weighted by molar-refractivity contribution is 7.89. The number of ether oxygens (including phenoxy) is 1. The molecule has 0 spiro atoms. The van der Waals surface area contributed by atoms with Crippen molar-refractivity contribution >= 4 is 15.9 Å². The third kappa shape index (κ3) is 5.21. The Bertz CT molecular complexity index is 439. The molecule has 1 aliphatic heterocycles. The maximum absolute atomic E-state index is 12.1. The highest BCUT2D eigenvalue weighted by atomic mass is 32.2. The number of hydrogen-bond donors (Lipinski definition) is 2. The molecule has 1 heterocycles. The maximum atomic E-state index is 12.1. The lowest BCUT2D eigenvalue weighted by molar-refractivity contribution is -0.121. The predicted octanol–water partition coefficient (Wildman–Crippen LogP) is -0.542. The van der Waals surface area contributed by atoms with E-state index >= 15 is 0 Å². The Labute approximate surface area is 125 Å². The van der Waals surface area contributed by atoms with E-state index in [2.05, 4.69) is 5.32 Å². The first-order valence-corrected chi connectivity index (χ1v) is 9.11. The summed E-state index contributed by atoms with van der Waals surface area (Å²) in [6.07, 6.45) is 2.61. The van der Waals surface area contributed by atoms with Crippen molar-refractivity contribution in [3.8, 4) is 0 Å². The maximum Gasteiger partial charge on any atom is 0.221 e. The van der Waals surface area contributed by atoms with Gasteiger partial charge in [0.15, 0.2) is 0 Å². The first-order chi connectivity index (χ1) is 9.97.